The number of hydrogen-bond donors (Lipinski definition) is 1. The number of aromatic amines is 1. The molecule has 182 valence electrons. The summed E-state index contributed by atoms with van der Waals surface area (Å²) in [5.74, 6) is 0.549. The second kappa shape index (κ2) is 9.60. The summed E-state index contributed by atoms with van der Waals surface area (Å²) in [4.78, 5) is 18.3. The van der Waals surface area contributed by atoms with Crippen molar-refractivity contribution in [2.24, 2.45) is 5.41 Å². The minimum atomic E-state index is 0.0874. The van der Waals surface area contributed by atoms with E-state index in [1.165, 1.54) is 6.42 Å². The molecule has 1 aromatic carbocycles. The molecule has 1 aliphatic rings. The summed E-state index contributed by atoms with van der Waals surface area (Å²) < 4.78 is 3.94. The van der Waals surface area contributed by atoms with E-state index in [9.17, 15) is 4.79 Å². The van der Waals surface area contributed by atoms with Crippen molar-refractivity contribution in [3.05, 3.63) is 70.7 Å². The van der Waals surface area contributed by atoms with Gasteiger partial charge in [-0.15, -0.1) is 10.2 Å². The molecule has 0 amide bonds. The van der Waals surface area contributed by atoms with E-state index >= 15 is 0 Å². The lowest BCUT2D eigenvalue weighted by atomic mass is 9.87. The number of H-pyrrole nitrogens is 1. The molecule has 1 atom stereocenters. The number of hydrogen-bond acceptors (Lipinski definition) is 5. The summed E-state index contributed by atoms with van der Waals surface area (Å²) in [5, 5.41) is 14.5. The lowest BCUT2D eigenvalue weighted by Gasteiger charge is -2.27. The van der Waals surface area contributed by atoms with Crippen molar-refractivity contribution in [1.29, 1.82) is 0 Å². The number of tetrazole rings is 1. The van der Waals surface area contributed by atoms with E-state index in [1.54, 1.807) is 0 Å². The second-order valence-corrected chi connectivity index (χ2v) is 10.2. The van der Waals surface area contributed by atoms with E-state index < -0.39 is 0 Å². The fraction of sp³-hybridized carbons (Fsp3) is 0.444. The van der Waals surface area contributed by atoms with E-state index in [-0.39, 0.29) is 17.1 Å². The van der Waals surface area contributed by atoms with Gasteiger partial charge in [0, 0.05) is 35.3 Å². The van der Waals surface area contributed by atoms with Crippen molar-refractivity contribution in [3.63, 3.8) is 0 Å². The van der Waals surface area contributed by atoms with Crippen LogP contribution in [0.5, 0.6) is 0 Å². The normalized spacial score (nSPS) is 17.2. The number of benzene rings is 1. The molecule has 0 radical (unpaired) electrons. The minimum Gasteiger partial charge on any atom is -0.295 e. The Balaban J connectivity index is 1.45. The standard InChI is InChI=1S/C27H33N7O/c1-4-5-9-21-18-34(24-12-8-15-27(24,2)3)26(35)33(21)17-20-14-13-19(16-28-20)22-10-6-7-11-23(22)25-29-31-32-30-25/h6-7,10-11,13-14,16,18,24H,4-5,8-9,12,15,17H2,1-3H3,(H,29,30,31,32). The van der Waals surface area contributed by atoms with Gasteiger partial charge in [0.15, 0.2) is 0 Å². The average molecular weight is 472 g/mol. The fourth-order valence-corrected chi connectivity index (χ4v) is 5.37. The Kier molecular flexibility index (Phi) is 6.36. The number of aromatic nitrogens is 7. The van der Waals surface area contributed by atoms with Gasteiger partial charge in [-0.25, -0.2) is 4.79 Å². The molecule has 3 aromatic heterocycles. The maximum atomic E-state index is 13.6. The molecule has 1 fully saturated rings. The van der Waals surface area contributed by atoms with Crippen LogP contribution in [0, 0.1) is 5.41 Å². The van der Waals surface area contributed by atoms with E-state index in [0.29, 0.717) is 12.4 Å². The van der Waals surface area contributed by atoms with Crippen LogP contribution < -0.4 is 5.69 Å². The Morgan fingerprint density at radius 2 is 1.97 bits per heavy atom. The zero-order valence-corrected chi connectivity index (χ0v) is 20.7. The first-order chi connectivity index (χ1) is 17.0. The maximum absolute atomic E-state index is 13.6. The highest BCUT2D eigenvalue weighted by Crippen LogP contribution is 2.45. The third-order valence-corrected chi connectivity index (χ3v) is 7.38. The van der Waals surface area contributed by atoms with Gasteiger partial charge in [0.25, 0.3) is 0 Å². The lowest BCUT2D eigenvalue weighted by Crippen LogP contribution is -2.32. The molecule has 4 aromatic rings. The van der Waals surface area contributed by atoms with Gasteiger partial charge in [0.1, 0.15) is 0 Å². The Morgan fingerprint density at radius 1 is 1.14 bits per heavy atom. The first kappa shape index (κ1) is 23.2. The fourth-order valence-electron chi connectivity index (χ4n) is 5.37. The third kappa shape index (κ3) is 4.57. The van der Waals surface area contributed by atoms with Gasteiger partial charge in [-0.3, -0.25) is 14.1 Å². The van der Waals surface area contributed by atoms with Crippen LogP contribution in [0.3, 0.4) is 0 Å². The van der Waals surface area contributed by atoms with Crippen molar-refractivity contribution >= 4 is 0 Å². The average Bonchev–Trinajstić information content (AvgIpc) is 3.59. The van der Waals surface area contributed by atoms with Crippen LogP contribution in [-0.2, 0) is 13.0 Å². The quantitative estimate of drug-likeness (QED) is 0.389. The van der Waals surface area contributed by atoms with E-state index in [2.05, 4.69) is 53.7 Å². The van der Waals surface area contributed by atoms with Crippen LogP contribution in [0.1, 0.15) is 70.3 Å². The first-order valence-electron chi connectivity index (χ1n) is 12.6. The molecule has 5 rings (SSSR count). The van der Waals surface area contributed by atoms with Gasteiger partial charge in [0.05, 0.1) is 12.2 Å². The van der Waals surface area contributed by atoms with E-state index in [0.717, 1.165) is 60.2 Å². The number of unbranched alkanes of at least 4 members (excludes halogenated alkanes) is 1. The smallest absolute Gasteiger partial charge is 0.295 e. The summed E-state index contributed by atoms with van der Waals surface area (Å²) in [6, 6.07) is 12.3. The number of pyridine rings is 1. The molecule has 0 spiro atoms. The summed E-state index contributed by atoms with van der Waals surface area (Å²) in [6.45, 7) is 7.23. The Labute approximate surface area is 205 Å². The predicted molar refractivity (Wildman–Crippen MR) is 136 cm³/mol. The first-order valence-corrected chi connectivity index (χ1v) is 12.6. The lowest BCUT2D eigenvalue weighted by molar-refractivity contribution is 0.254. The monoisotopic (exact) mass is 471 g/mol. The van der Waals surface area contributed by atoms with Gasteiger partial charge in [-0.05, 0) is 47.9 Å². The van der Waals surface area contributed by atoms with Crippen molar-refractivity contribution in [2.45, 2.75) is 71.9 Å². The molecule has 0 bridgehead atoms. The topological polar surface area (TPSA) is 94.3 Å². The van der Waals surface area contributed by atoms with Crippen molar-refractivity contribution in [2.75, 3.05) is 0 Å². The minimum absolute atomic E-state index is 0.0874. The van der Waals surface area contributed by atoms with Crippen LogP contribution in [0.2, 0.25) is 0 Å². The Morgan fingerprint density at radius 3 is 2.63 bits per heavy atom. The van der Waals surface area contributed by atoms with E-state index in [4.69, 9.17) is 4.98 Å². The SMILES string of the molecule is CCCCc1cn(C2CCCC2(C)C)c(=O)n1Cc1ccc(-c2ccccc2-c2nn[nH]n2)cn1. The molecule has 8 nitrogen and oxygen atoms in total. The number of nitrogens with one attached hydrogen (secondary N) is 1. The number of imidazole rings is 1. The van der Waals surface area contributed by atoms with Crippen molar-refractivity contribution < 1.29 is 0 Å². The second-order valence-electron chi connectivity index (χ2n) is 10.2. The summed E-state index contributed by atoms with van der Waals surface area (Å²) in [7, 11) is 0. The molecule has 3 heterocycles. The number of nitrogens with zero attached hydrogens (tertiary/aromatic N) is 6. The highest BCUT2D eigenvalue weighted by molar-refractivity contribution is 5.79. The maximum Gasteiger partial charge on any atom is 0.328 e. The molecule has 1 N–H and O–H groups in total. The highest BCUT2D eigenvalue weighted by Gasteiger charge is 2.37. The Bertz CT molecular complexity index is 1330. The Hall–Kier alpha value is -3.55. The summed E-state index contributed by atoms with van der Waals surface area (Å²) >= 11 is 0. The number of aryl methyl sites for hydroxylation is 1. The molecule has 8 heteroatoms. The predicted octanol–water partition coefficient (Wildman–Crippen LogP) is 5.03. The summed E-state index contributed by atoms with van der Waals surface area (Å²) in [6.07, 6.45) is 10.5. The molecule has 1 saturated carbocycles. The van der Waals surface area contributed by atoms with Crippen LogP contribution in [-0.4, -0.2) is 34.7 Å². The van der Waals surface area contributed by atoms with Crippen molar-refractivity contribution in [1.82, 2.24) is 34.7 Å². The third-order valence-electron chi connectivity index (χ3n) is 7.38. The zero-order valence-electron chi connectivity index (χ0n) is 20.7. The molecule has 0 saturated heterocycles. The zero-order chi connectivity index (χ0) is 24.4. The largest absolute Gasteiger partial charge is 0.328 e. The van der Waals surface area contributed by atoms with Crippen molar-refractivity contribution in [3.8, 4) is 22.5 Å². The molecular weight excluding hydrogens is 438 g/mol. The molecule has 1 unspecified atom stereocenters. The van der Waals surface area contributed by atoms with E-state index in [1.807, 2.05) is 45.7 Å². The van der Waals surface area contributed by atoms with Crippen LogP contribution >= 0.6 is 0 Å². The van der Waals surface area contributed by atoms with Crippen LogP contribution in [0.25, 0.3) is 22.5 Å². The summed E-state index contributed by atoms with van der Waals surface area (Å²) in [5.41, 5.74) is 5.06. The van der Waals surface area contributed by atoms with Gasteiger partial charge in [-0.2, -0.15) is 5.21 Å². The van der Waals surface area contributed by atoms with Crippen LogP contribution in [0.4, 0.5) is 0 Å². The van der Waals surface area contributed by atoms with Gasteiger partial charge >= 0.3 is 5.69 Å². The highest BCUT2D eigenvalue weighted by atomic mass is 16.1. The molecule has 0 aliphatic heterocycles. The molecular formula is C27H33N7O. The molecule has 35 heavy (non-hydrogen) atoms. The van der Waals surface area contributed by atoms with Gasteiger partial charge in [0.2, 0.25) is 5.82 Å². The van der Waals surface area contributed by atoms with Gasteiger partial charge in [-0.1, -0.05) is 63.9 Å². The van der Waals surface area contributed by atoms with Gasteiger partial charge < -0.3 is 0 Å². The molecule has 1 aliphatic carbocycles. The number of rotatable bonds is 8. The van der Waals surface area contributed by atoms with Crippen LogP contribution in [0.15, 0.2) is 53.6 Å².